The van der Waals surface area contributed by atoms with Gasteiger partial charge in [0.2, 0.25) is 0 Å². The van der Waals surface area contributed by atoms with E-state index in [2.05, 4.69) is 21.9 Å². The number of nitrogens with zero attached hydrogens (tertiary/aromatic N) is 3. The fraction of sp³-hybridized carbons (Fsp3) is 0.750. The topological polar surface area (TPSA) is 59.1 Å². The number of likely N-dealkylation sites (tertiary alicyclic amines) is 1. The van der Waals surface area contributed by atoms with Gasteiger partial charge in [-0.3, -0.25) is 4.68 Å². The van der Waals surface area contributed by atoms with Crippen LogP contribution < -0.4 is 11.1 Å². The first-order valence-corrected chi connectivity index (χ1v) is 6.48. The molecule has 0 bridgehead atoms. The Balaban J connectivity index is 1.88. The smallest absolute Gasteiger partial charge is 0.0808 e. The molecule has 0 amide bonds. The van der Waals surface area contributed by atoms with Gasteiger partial charge in [0.05, 0.1) is 17.4 Å². The molecule has 0 aromatic carbocycles. The van der Waals surface area contributed by atoms with Crippen LogP contribution in [-0.4, -0.2) is 34.8 Å². The molecule has 1 aromatic heterocycles. The lowest BCUT2D eigenvalue weighted by Crippen LogP contribution is -2.32. The number of fused-ring (bicyclic) bond motifs is 1. The molecule has 0 atom stereocenters. The second-order valence-corrected chi connectivity index (χ2v) is 5.16. The van der Waals surface area contributed by atoms with E-state index in [1.807, 2.05) is 0 Å². The Labute approximate surface area is 102 Å². The van der Waals surface area contributed by atoms with E-state index in [0.717, 1.165) is 18.8 Å². The lowest BCUT2D eigenvalue weighted by molar-refractivity contribution is 0.209. The maximum Gasteiger partial charge on any atom is 0.0808 e. The number of hydrogen-bond donors (Lipinski definition) is 2. The SMILES string of the molecule is CN1CCC(n2nc(CN)c3c2CNC3)CC1. The van der Waals surface area contributed by atoms with Crippen LogP contribution in [0.1, 0.15) is 35.8 Å². The maximum atomic E-state index is 5.78. The van der Waals surface area contributed by atoms with E-state index in [0.29, 0.717) is 12.6 Å². The molecule has 3 N–H and O–H groups in total. The van der Waals surface area contributed by atoms with Crippen LogP contribution in [0, 0.1) is 0 Å². The second-order valence-electron chi connectivity index (χ2n) is 5.16. The lowest BCUT2D eigenvalue weighted by Gasteiger charge is -2.29. The van der Waals surface area contributed by atoms with Crippen LogP contribution in [0.4, 0.5) is 0 Å². The summed E-state index contributed by atoms with van der Waals surface area (Å²) >= 11 is 0. The lowest BCUT2D eigenvalue weighted by atomic mass is 10.1. The number of nitrogens with one attached hydrogen (secondary N) is 1. The molecule has 5 nitrogen and oxygen atoms in total. The molecule has 5 heteroatoms. The van der Waals surface area contributed by atoms with Crippen molar-refractivity contribution >= 4 is 0 Å². The van der Waals surface area contributed by atoms with Crippen molar-refractivity contribution < 1.29 is 0 Å². The number of piperidine rings is 1. The summed E-state index contributed by atoms with van der Waals surface area (Å²) in [6, 6.07) is 0.570. The standard InChI is InChI=1S/C12H21N5/c1-16-4-2-9(3-5-16)17-12-8-14-7-10(12)11(6-13)15-17/h9,14H,2-8,13H2,1H3. The van der Waals surface area contributed by atoms with E-state index in [4.69, 9.17) is 10.8 Å². The molecule has 0 aliphatic carbocycles. The number of hydrogen-bond acceptors (Lipinski definition) is 4. The van der Waals surface area contributed by atoms with Crippen molar-refractivity contribution in [2.24, 2.45) is 5.73 Å². The van der Waals surface area contributed by atoms with Crippen molar-refractivity contribution in [3.05, 3.63) is 17.0 Å². The van der Waals surface area contributed by atoms with Crippen LogP contribution in [0.2, 0.25) is 0 Å². The first-order valence-electron chi connectivity index (χ1n) is 6.48. The number of nitrogens with two attached hydrogens (primary N) is 1. The van der Waals surface area contributed by atoms with Crippen LogP contribution in [0.25, 0.3) is 0 Å². The monoisotopic (exact) mass is 235 g/mol. The summed E-state index contributed by atoms with van der Waals surface area (Å²) in [5, 5.41) is 8.14. The first kappa shape index (κ1) is 11.2. The normalized spacial score (nSPS) is 22.0. The fourth-order valence-corrected chi connectivity index (χ4v) is 2.96. The Morgan fingerprint density at radius 3 is 2.82 bits per heavy atom. The van der Waals surface area contributed by atoms with Gasteiger partial charge in [0.25, 0.3) is 0 Å². The Hall–Kier alpha value is -0.910. The molecule has 0 spiro atoms. The second kappa shape index (κ2) is 4.40. The largest absolute Gasteiger partial charge is 0.325 e. The van der Waals surface area contributed by atoms with Crippen LogP contribution >= 0.6 is 0 Å². The van der Waals surface area contributed by atoms with E-state index in [1.165, 1.54) is 37.2 Å². The molecule has 1 saturated heterocycles. The minimum Gasteiger partial charge on any atom is -0.325 e. The van der Waals surface area contributed by atoms with Gasteiger partial charge in [-0.25, -0.2) is 0 Å². The highest BCUT2D eigenvalue weighted by Crippen LogP contribution is 2.28. The van der Waals surface area contributed by atoms with Gasteiger partial charge in [0, 0.05) is 25.2 Å². The maximum absolute atomic E-state index is 5.78. The molecule has 94 valence electrons. The quantitative estimate of drug-likeness (QED) is 0.769. The third kappa shape index (κ3) is 1.88. The van der Waals surface area contributed by atoms with Crippen LogP contribution in [0.3, 0.4) is 0 Å². The molecule has 0 unspecified atom stereocenters. The summed E-state index contributed by atoms with van der Waals surface area (Å²) in [5.74, 6) is 0. The molecule has 3 heterocycles. The minimum atomic E-state index is 0.559. The van der Waals surface area contributed by atoms with E-state index >= 15 is 0 Å². The molecule has 17 heavy (non-hydrogen) atoms. The molecule has 1 fully saturated rings. The zero-order valence-electron chi connectivity index (χ0n) is 10.4. The predicted molar refractivity (Wildman–Crippen MR) is 66.4 cm³/mol. The van der Waals surface area contributed by atoms with Crippen LogP contribution in [0.15, 0.2) is 0 Å². The highest BCUT2D eigenvalue weighted by atomic mass is 15.3. The Morgan fingerprint density at radius 1 is 1.35 bits per heavy atom. The minimum absolute atomic E-state index is 0.559. The van der Waals surface area contributed by atoms with Crippen molar-refractivity contribution in [1.82, 2.24) is 20.0 Å². The molecule has 1 aromatic rings. The van der Waals surface area contributed by atoms with Gasteiger partial charge < -0.3 is 16.0 Å². The summed E-state index contributed by atoms with van der Waals surface area (Å²) in [5.41, 5.74) is 9.59. The summed E-state index contributed by atoms with van der Waals surface area (Å²) in [6.07, 6.45) is 2.41. The zero-order chi connectivity index (χ0) is 11.8. The van der Waals surface area contributed by atoms with Gasteiger partial charge in [-0.2, -0.15) is 5.10 Å². The third-order valence-corrected chi connectivity index (χ3v) is 4.02. The fourth-order valence-electron chi connectivity index (χ4n) is 2.96. The van der Waals surface area contributed by atoms with E-state index < -0.39 is 0 Å². The van der Waals surface area contributed by atoms with Crippen molar-refractivity contribution in [2.75, 3.05) is 20.1 Å². The first-order chi connectivity index (χ1) is 8.29. The molecule has 2 aliphatic heterocycles. The van der Waals surface area contributed by atoms with Gasteiger partial charge in [0.1, 0.15) is 0 Å². The third-order valence-electron chi connectivity index (χ3n) is 4.02. The molecule has 0 radical (unpaired) electrons. The number of aromatic nitrogens is 2. The summed E-state index contributed by atoms with van der Waals surface area (Å²) in [4.78, 5) is 2.39. The number of rotatable bonds is 2. The predicted octanol–water partition coefficient (Wildman–Crippen LogP) is 0.212. The van der Waals surface area contributed by atoms with Gasteiger partial charge in [-0.05, 0) is 33.0 Å². The van der Waals surface area contributed by atoms with E-state index in [1.54, 1.807) is 0 Å². The Morgan fingerprint density at radius 2 is 2.12 bits per heavy atom. The van der Waals surface area contributed by atoms with Gasteiger partial charge in [-0.1, -0.05) is 0 Å². The van der Waals surface area contributed by atoms with Crippen LogP contribution in [-0.2, 0) is 19.6 Å². The van der Waals surface area contributed by atoms with Gasteiger partial charge in [0.15, 0.2) is 0 Å². The molecular formula is C12H21N5. The summed E-state index contributed by atoms with van der Waals surface area (Å²) in [6.45, 7) is 4.79. The summed E-state index contributed by atoms with van der Waals surface area (Å²) in [7, 11) is 2.19. The summed E-state index contributed by atoms with van der Waals surface area (Å²) < 4.78 is 2.25. The van der Waals surface area contributed by atoms with Gasteiger partial charge in [-0.15, -0.1) is 0 Å². The molecule has 3 rings (SSSR count). The van der Waals surface area contributed by atoms with Crippen molar-refractivity contribution in [2.45, 2.75) is 38.5 Å². The molecule has 0 saturated carbocycles. The average Bonchev–Trinajstić information content (AvgIpc) is 2.91. The van der Waals surface area contributed by atoms with E-state index in [9.17, 15) is 0 Å². The Kier molecular flexibility index (Phi) is 2.90. The van der Waals surface area contributed by atoms with Crippen molar-refractivity contribution in [3.63, 3.8) is 0 Å². The van der Waals surface area contributed by atoms with Crippen molar-refractivity contribution in [3.8, 4) is 0 Å². The van der Waals surface area contributed by atoms with Crippen LogP contribution in [0.5, 0.6) is 0 Å². The zero-order valence-corrected chi connectivity index (χ0v) is 10.4. The Bertz CT molecular complexity index is 403. The highest BCUT2D eigenvalue weighted by molar-refractivity contribution is 5.30. The molecule has 2 aliphatic rings. The highest BCUT2D eigenvalue weighted by Gasteiger charge is 2.27. The molecular weight excluding hydrogens is 214 g/mol. The van der Waals surface area contributed by atoms with Crippen molar-refractivity contribution in [1.29, 1.82) is 0 Å². The average molecular weight is 235 g/mol. The van der Waals surface area contributed by atoms with Gasteiger partial charge >= 0.3 is 0 Å². The van der Waals surface area contributed by atoms with E-state index in [-0.39, 0.29) is 0 Å².